The summed E-state index contributed by atoms with van der Waals surface area (Å²) in [5, 5.41) is 7.58. The molecule has 2 unspecified atom stereocenters. The predicted octanol–water partition coefficient (Wildman–Crippen LogP) is 7.59. The van der Waals surface area contributed by atoms with E-state index in [0.717, 1.165) is 24.5 Å². The molecule has 8 nitrogen and oxygen atoms in total. The van der Waals surface area contributed by atoms with Crippen molar-refractivity contribution < 1.29 is 14.3 Å². The van der Waals surface area contributed by atoms with Crippen molar-refractivity contribution in [2.45, 2.75) is 106 Å². The number of amides is 2. The number of allylic oxidation sites excluding steroid dienone is 3. The molecule has 0 aliphatic carbocycles. The summed E-state index contributed by atoms with van der Waals surface area (Å²) in [6.45, 7) is 24.7. The van der Waals surface area contributed by atoms with Crippen molar-refractivity contribution in [3.05, 3.63) is 59.5 Å². The number of hydrogen-bond donors (Lipinski definition) is 2. The lowest BCUT2D eigenvalue weighted by Crippen LogP contribution is -2.32. The van der Waals surface area contributed by atoms with Crippen molar-refractivity contribution in [3.63, 3.8) is 0 Å². The van der Waals surface area contributed by atoms with Gasteiger partial charge in [0.05, 0.1) is 30.0 Å². The number of nitrogens with zero attached hydrogens (tertiary/aromatic N) is 3. The number of ether oxygens (including phenoxy) is 1. The monoisotopic (exact) mass is 585 g/mol. The van der Waals surface area contributed by atoms with Gasteiger partial charge in [-0.2, -0.15) is 0 Å². The molecule has 0 aliphatic rings. The van der Waals surface area contributed by atoms with Gasteiger partial charge in [0.15, 0.2) is 5.13 Å². The van der Waals surface area contributed by atoms with Gasteiger partial charge in [-0.15, -0.1) is 11.3 Å². The third-order valence-corrected chi connectivity index (χ3v) is 6.74. The molecule has 228 valence electrons. The average molecular weight is 586 g/mol. The Kier molecular flexibility index (Phi) is 15.5. The quantitative estimate of drug-likeness (QED) is 0.237. The van der Waals surface area contributed by atoms with Crippen LogP contribution in [0.3, 0.4) is 0 Å². The molecule has 9 heteroatoms. The fourth-order valence-corrected chi connectivity index (χ4v) is 4.49. The molecule has 0 saturated heterocycles. The lowest BCUT2D eigenvalue weighted by atomic mass is 10.1. The normalized spacial score (nSPS) is 13.7. The summed E-state index contributed by atoms with van der Waals surface area (Å²) >= 11 is 1.29. The summed E-state index contributed by atoms with van der Waals surface area (Å²) in [4.78, 5) is 33.4. The highest BCUT2D eigenvalue weighted by molar-refractivity contribution is 7.14. The highest BCUT2D eigenvalue weighted by atomic mass is 32.1. The minimum atomic E-state index is -0.348. The molecular weight excluding hydrogens is 534 g/mol. The molecule has 2 rings (SSSR count). The second-order valence-electron chi connectivity index (χ2n) is 11.5. The summed E-state index contributed by atoms with van der Waals surface area (Å²) in [6, 6.07) is 1.73. The van der Waals surface area contributed by atoms with Crippen molar-refractivity contribution in [3.8, 4) is 0 Å². The zero-order valence-electron chi connectivity index (χ0n) is 26.7. The number of carbonyl (C=O) groups is 2. The van der Waals surface area contributed by atoms with E-state index in [4.69, 9.17) is 4.74 Å². The molecule has 2 N–H and O–H groups in total. The molecule has 2 aromatic heterocycles. The number of nitrogens with one attached hydrogen (secondary N) is 2. The molecule has 0 aliphatic heterocycles. The molecule has 0 saturated carbocycles. The standard InChI is InChI=1S/C22H29N5O2S.C10H22O/c1-7-9-15(3)24-17(8-2)18-14-30-21(25-18)26-19(28)12-23-20(29)16-10-11-27(13-16)22(4,5)6;1-6-9(4)11-10(5)7-8(2)3/h8-11,13-14H,2,7,12H2,1,3-6H3,(H,23,29)(H,25,26,28);8-10H,6-7H2,1-5H3/b15-9-,24-17?;. The van der Waals surface area contributed by atoms with Gasteiger partial charge >= 0.3 is 0 Å². The Hall–Kier alpha value is -3.04. The Bertz CT molecular complexity index is 1170. The van der Waals surface area contributed by atoms with Gasteiger partial charge in [0.25, 0.3) is 5.91 Å². The zero-order valence-corrected chi connectivity index (χ0v) is 27.5. The summed E-state index contributed by atoms with van der Waals surface area (Å²) in [5.41, 5.74) is 2.56. The zero-order chi connectivity index (χ0) is 31.2. The van der Waals surface area contributed by atoms with Gasteiger partial charge in [-0.05, 0) is 78.9 Å². The highest BCUT2D eigenvalue weighted by Gasteiger charge is 2.16. The second-order valence-corrected chi connectivity index (χ2v) is 12.4. The molecule has 2 amide bonds. The topological polar surface area (TPSA) is 97.6 Å². The number of thiazole rings is 1. The first-order valence-corrected chi connectivity index (χ1v) is 15.3. The number of carbonyl (C=O) groups excluding carboxylic acids is 2. The maximum absolute atomic E-state index is 12.3. The lowest BCUT2D eigenvalue weighted by molar-refractivity contribution is -0.115. The number of hydrogen-bond acceptors (Lipinski definition) is 6. The molecule has 2 heterocycles. The van der Waals surface area contributed by atoms with Crippen molar-refractivity contribution >= 4 is 34.0 Å². The first kappa shape index (κ1) is 36.0. The molecule has 2 aromatic rings. The SMILES string of the molecule is C=CC(=N/C(C)=C\CC)c1csc(NC(=O)CNC(=O)c2ccn(C(C)(C)C)c2)n1.CCC(C)OC(C)CC(C)C. The smallest absolute Gasteiger partial charge is 0.253 e. The van der Waals surface area contributed by atoms with Crippen LogP contribution < -0.4 is 10.6 Å². The third-order valence-electron chi connectivity index (χ3n) is 5.98. The summed E-state index contributed by atoms with van der Waals surface area (Å²) in [7, 11) is 0. The van der Waals surface area contributed by atoms with Crippen molar-refractivity contribution in [2.24, 2.45) is 10.9 Å². The van der Waals surface area contributed by atoms with Gasteiger partial charge in [0, 0.05) is 29.0 Å². The molecule has 0 radical (unpaired) electrons. The number of anilines is 1. The van der Waals surface area contributed by atoms with E-state index in [1.54, 1.807) is 18.3 Å². The van der Waals surface area contributed by atoms with Gasteiger partial charge < -0.3 is 19.9 Å². The average Bonchev–Trinajstić information content (AvgIpc) is 3.56. The van der Waals surface area contributed by atoms with Crippen LogP contribution in [0.15, 0.2) is 53.3 Å². The fourth-order valence-electron chi connectivity index (χ4n) is 3.77. The first-order valence-electron chi connectivity index (χ1n) is 14.5. The second kappa shape index (κ2) is 17.7. The maximum atomic E-state index is 12.3. The molecule has 0 aromatic carbocycles. The number of aromatic nitrogens is 2. The predicted molar refractivity (Wildman–Crippen MR) is 173 cm³/mol. The van der Waals surface area contributed by atoms with Crippen molar-refractivity contribution in [1.29, 1.82) is 0 Å². The lowest BCUT2D eigenvalue weighted by Gasteiger charge is -2.20. The Morgan fingerprint density at radius 1 is 1.20 bits per heavy atom. The van der Waals surface area contributed by atoms with Gasteiger partial charge in [-0.25, -0.2) is 4.98 Å². The van der Waals surface area contributed by atoms with E-state index in [0.29, 0.717) is 34.3 Å². The Labute approximate surface area is 251 Å². The van der Waals surface area contributed by atoms with Gasteiger partial charge in [0.2, 0.25) is 5.91 Å². The van der Waals surface area contributed by atoms with Crippen LogP contribution in [0.4, 0.5) is 5.13 Å². The molecule has 41 heavy (non-hydrogen) atoms. The minimum absolute atomic E-state index is 0.114. The van der Waals surface area contributed by atoms with Crippen LogP contribution in [0.2, 0.25) is 0 Å². The summed E-state index contributed by atoms with van der Waals surface area (Å²) < 4.78 is 7.66. The Morgan fingerprint density at radius 2 is 1.88 bits per heavy atom. The fraction of sp³-hybridized carbons (Fsp3) is 0.562. The van der Waals surface area contributed by atoms with Crippen molar-refractivity contribution in [1.82, 2.24) is 14.9 Å². The van der Waals surface area contributed by atoms with Gasteiger partial charge in [0.1, 0.15) is 5.69 Å². The number of rotatable bonds is 13. The summed E-state index contributed by atoms with van der Waals surface area (Å²) in [5.74, 6) is 0.0972. The molecule has 0 bridgehead atoms. The van der Waals surface area contributed by atoms with Crippen LogP contribution in [0, 0.1) is 5.92 Å². The van der Waals surface area contributed by atoms with Crippen molar-refractivity contribution in [2.75, 3.05) is 11.9 Å². The van der Waals surface area contributed by atoms with Crippen LogP contribution >= 0.6 is 11.3 Å². The van der Waals surface area contributed by atoms with Gasteiger partial charge in [-0.3, -0.25) is 14.6 Å². The van der Waals surface area contributed by atoms with Crippen LogP contribution in [0.5, 0.6) is 0 Å². The first-order chi connectivity index (χ1) is 19.2. The van der Waals surface area contributed by atoms with E-state index in [9.17, 15) is 9.59 Å². The third kappa shape index (κ3) is 13.9. The summed E-state index contributed by atoms with van der Waals surface area (Å²) in [6.07, 6.45) is 11.3. The Balaban J connectivity index is 0.000000646. The van der Waals surface area contributed by atoms with Crippen LogP contribution in [0.1, 0.15) is 105 Å². The van der Waals surface area contributed by atoms with E-state index in [2.05, 4.69) is 61.8 Å². The number of aliphatic imine (C=N–C) groups is 1. The molecule has 2 atom stereocenters. The largest absolute Gasteiger partial charge is 0.376 e. The van der Waals surface area contributed by atoms with Crippen LogP contribution in [-0.4, -0.2) is 45.8 Å². The van der Waals surface area contributed by atoms with E-state index >= 15 is 0 Å². The highest BCUT2D eigenvalue weighted by Crippen LogP contribution is 2.18. The van der Waals surface area contributed by atoms with E-state index in [1.807, 2.05) is 56.8 Å². The minimum Gasteiger partial charge on any atom is -0.376 e. The molecule has 0 spiro atoms. The van der Waals surface area contributed by atoms with Crippen LogP contribution in [0.25, 0.3) is 0 Å². The maximum Gasteiger partial charge on any atom is 0.253 e. The Morgan fingerprint density at radius 3 is 2.41 bits per heavy atom. The van der Waals surface area contributed by atoms with Crippen LogP contribution in [-0.2, 0) is 15.1 Å². The van der Waals surface area contributed by atoms with E-state index < -0.39 is 0 Å². The molecular formula is C32H51N5O3S. The molecule has 0 fully saturated rings. The van der Waals surface area contributed by atoms with E-state index in [-0.39, 0.29) is 23.9 Å². The van der Waals surface area contributed by atoms with Gasteiger partial charge in [-0.1, -0.05) is 40.3 Å². The van der Waals surface area contributed by atoms with E-state index in [1.165, 1.54) is 17.8 Å².